The molecule has 0 radical (unpaired) electrons. The third kappa shape index (κ3) is 4.31. The van der Waals surface area contributed by atoms with Crippen molar-refractivity contribution in [1.29, 1.82) is 5.26 Å². The summed E-state index contributed by atoms with van der Waals surface area (Å²) in [6.45, 7) is 5.66. The number of ether oxygens (including phenoxy) is 1. The van der Waals surface area contributed by atoms with E-state index in [1.807, 2.05) is 39.0 Å². The van der Waals surface area contributed by atoms with Crippen LogP contribution in [0.1, 0.15) is 32.7 Å². The molecule has 2 aromatic carbocycles. The maximum absolute atomic E-state index is 12.4. The van der Waals surface area contributed by atoms with Gasteiger partial charge in [0.1, 0.15) is 17.4 Å². The first-order valence-electron chi connectivity index (χ1n) is 8.50. The highest BCUT2D eigenvalue weighted by molar-refractivity contribution is 6.04. The molecule has 0 aliphatic heterocycles. The van der Waals surface area contributed by atoms with Crippen molar-refractivity contribution in [2.75, 3.05) is 5.32 Å². The maximum atomic E-state index is 12.4. The molecule has 0 bridgehead atoms. The van der Waals surface area contributed by atoms with Crippen LogP contribution in [0.25, 0.3) is 0 Å². The molecule has 0 spiro atoms. The van der Waals surface area contributed by atoms with E-state index in [1.54, 1.807) is 36.4 Å². The molecular formula is C22H19N3O2. The van der Waals surface area contributed by atoms with Gasteiger partial charge in [-0.2, -0.15) is 5.26 Å². The second kappa shape index (κ2) is 7.71. The largest absolute Gasteiger partial charge is 0.438 e. The summed E-state index contributed by atoms with van der Waals surface area (Å²) < 4.78 is 5.82. The molecule has 134 valence electrons. The zero-order chi connectivity index (χ0) is 19.4. The number of hydrogen-bond acceptors (Lipinski definition) is 4. The normalized spacial score (nSPS) is 10.1. The average Bonchev–Trinajstić information content (AvgIpc) is 2.62. The highest BCUT2D eigenvalue weighted by atomic mass is 16.5. The van der Waals surface area contributed by atoms with Crippen LogP contribution in [0.4, 0.5) is 5.69 Å². The molecular weight excluding hydrogens is 338 g/mol. The SMILES string of the molecule is Cc1ccc(C(=O)Nc2cccc(Oc3nc(C)cc(C)c3C#N)c2)cc1. The minimum absolute atomic E-state index is 0.200. The Bertz CT molecular complexity index is 1030. The van der Waals surface area contributed by atoms with Crippen molar-refractivity contribution in [2.45, 2.75) is 20.8 Å². The number of benzene rings is 2. The molecule has 0 saturated heterocycles. The molecule has 5 nitrogen and oxygen atoms in total. The lowest BCUT2D eigenvalue weighted by atomic mass is 10.1. The van der Waals surface area contributed by atoms with Crippen LogP contribution in [0.5, 0.6) is 11.6 Å². The van der Waals surface area contributed by atoms with Crippen LogP contribution in [-0.4, -0.2) is 10.9 Å². The minimum atomic E-state index is -0.200. The first-order valence-corrected chi connectivity index (χ1v) is 8.50. The zero-order valence-corrected chi connectivity index (χ0v) is 15.4. The molecule has 0 aliphatic carbocycles. The fraction of sp³-hybridized carbons (Fsp3) is 0.136. The Morgan fingerprint density at radius 2 is 1.81 bits per heavy atom. The lowest BCUT2D eigenvalue weighted by Gasteiger charge is -2.11. The van der Waals surface area contributed by atoms with E-state index in [4.69, 9.17) is 4.74 Å². The van der Waals surface area contributed by atoms with E-state index in [2.05, 4.69) is 16.4 Å². The van der Waals surface area contributed by atoms with Crippen molar-refractivity contribution >= 4 is 11.6 Å². The summed E-state index contributed by atoms with van der Waals surface area (Å²) in [7, 11) is 0. The quantitative estimate of drug-likeness (QED) is 0.719. The number of nitriles is 1. The summed E-state index contributed by atoms with van der Waals surface area (Å²) in [5, 5.41) is 12.2. The smallest absolute Gasteiger partial charge is 0.255 e. The highest BCUT2D eigenvalue weighted by Crippen LogP contribution is 2.27. The van der Waals surface area contributed by atoms with Gasteiger partial charge in [-0.3, -0.25) is 4.79 Å². The Balaban J connectivity index is 1.81. The predicted octanol–water partition coefficient (Wildman–Crippen LogP) is 4.92. The lowest BCUT2D eigenvalue weighted by molar-refractivity contribution is 0.102. The van der Waals surface area contributed by atoms with Crippen LogP contribution in [0.15, 0.2) is 54.6 Å². The molecule has 0 unspecified atom stereocenters. The van der Waals surface area contributed by atoms with Gasteiger partial charge in [0.15, 0.2) is 0 Å². The van der Waals surface area contributed by atoms with E-state index < -0.39 is 0 Å². The van der Waals surface area contributed by atoms with Gasteiger partial charge in [0.25, 0.3) is 5.91 Å². The number of anilines is 1. The Morgan fingerprint density at radius 1 is 1.07 bits per heavy atom. The standard InChI is InChI=1S/C22H19N3O2/c1-14-7-9-17(10-8-14)21(26)25-18-5-4-6-19(12-18)27-22-20(13-23)15(2)11-16(3)24-22/h4-12H,1-3H3,(H,25,26). The maximum Gasteiger partial charge on any atom is 0.255 e. The number of aromatic nitrogens is 1. The topological polar surface area (TPSA) is 75.0 Å². The molecule has 1 N–H and O–H groups in total. The van der Waals surface area contributed by atoms with Gasteiger partial charge in [-0.15, -0.1) is 0 Å². The number of aryl methyl sites for hydroxylation is 3. The van der Waals surface area contributed by atoms with Crippen LogP contribution in [0.3, 0.4) is 0 Å². The summed E-state index contributed by atoms with van der Waals surface area (Å²) in [5.41, 5.74) is 4.25. The second-order valence-electron chi connectivity index (χ2n) is 6.32. The summed E-state index contributed by atoms with van der Waals surface area (Å²) >= 11 is 0. The molecule has 3 aromatic rings. The number of nitrogens with one attached hydrogen (secondary N) is 1. The molecule has 0 saturated carbocycles. The van der Waals surface area contributed by atoms with E-state index in [1.165, 1.54) is 0 Å². The first kappa shape index (κ1) is 18.2. The number of amides is 1. The zero-order valence-electron chi connectivity index (χ0n) is 15.4. The molecule has 1 aromatic heterocycles. The third-order valence-electron chi connectivity index (χ3n) is 4.04. The summed E-state index contributed by atoms with van der Waals surface area (Å²) in [6, 6.07) is 18.3. The van der Waals surface area contributed by atoms with Gasteiger partial charge in [-0.1, -0.05) is 23.8 Å². The van der Waals surface area contributed by atoms with Gasteiger partial charge in [-0.05, 0) is 56.7 Å². The number of carbonyl (C=O) groups is 1. The van der Waals surface area contributed by atoms with Gasteiger partial charge >= 0.3 is 0 Å². The van der Waals surface area contributed by atoms with Crippen molar-refractivity contribution in [3.05, 3.63) is 82.5 Å². The second-order valence-corrected chi connectivity index (χ2v) is 6.32. The number of rotatable bonds is 4. The van der Waals surface area contributed by atoms with Crippen molar-refractivity contribution in [3.8, 4) is 17.7 Å². The third-order valence-corrected chi connectivity index (χ3v) is 4.04. The molecule has 1 amide bonds. The van der Waals surface area contributed by atoms with Gasteiger partial charge in [0.2, 0.25) is 5.88 Å². The fourth-order valence-electron chi connectivity index (χ4n) is 2.67. The van der Waals surface area contributed by atoms with Crippen molar-refractivity contribution in [3.63, 3.8) is 0 Å². The molecule has 0 fully saturated rings. The number of nitrogens with zero attached hydrogens (tertiary/aromatic N) is 2. The van der Waals surface area contributed by atoms with E-state index in [-0.39, 0.29) is 11.8 Å². The van der Waals surface area contributed by atoms with E-state index in [0.29, 0.717) is 22.6 Å². The lowest BCUT2D eigenvalue weighted by Crippen LogP contribution is -2.11. The van der Waals surface area contributed by atoms with Gasteiger partial charge in [0, 0.05) is 23.0 Å². The van der Waals surface area contributed by atoms with Crippen molar-refractivity contribution < 1.29 is 9.53 Å². The summed E-state index contributed by atoms with van der Waals surface area (Å²) in [4.78, 5) is 16.7. The molecule has 3 rings (SSSR count). The van der Waals surface area contributed by atoms with E-state index in [0.717, 1.165) is 16.8 Å². The van der Waals surface area contributed by atoms with E-state index in [9.17, 15) is 10.1 Å². The first-order chi connectivity index (χ1) is 13.0. The van der Waals surface area contributed by atoms with Crippen molar-refractivity contribution in [2.24, 2.45) is 0 Å². The number of pyridine rings is 1. The number of carbonyl (C=O) groups excluding carboxylic acids is 1. The molecule has 0 aliphatic rings. The Labute approximate surface area is 158 Å². The molecule has 27 heavy (non-hydrogen) atoms. The number of hydrogen-bond donors (Lipinski definition) is 1. The predicted molar refractivity (Wildman–Crippen MR) is 104 cm³/mol. The van der Waals surface area contributed by atoms with Crippen LogP contribution < -0.4 is 10.1 Å². The average molecular weight is 357 g/mol. The molecule has 1 heterocycles. The monoisotopic (exact) mass is 357 g/mol. The van der Waals surface area contributed by atoms with Crippen LogP contribution >= 0.6 is 0 Å². The Morgan fingerprint density at radius 3 is 2.52 bits per heavy atom. The molecule has 0 atom stereocenters. The van der Waals surface area contributed by atoms with Crippen molar-refractivity contribution in [1.82, 2.24) is 4.98 Å². The highest BCUT2D eigenvalue weighted by Gasteiger charge is 2.12. The summed E-state index contributed by atoms with van der Waals surface area (Å²) in [6.07, 6.45) is 0. The van der Waals surface area contributed by atoms with Gasteiger partial charge < -0.3 is 10.1 Å². The van der Waals surface area contributed by atoms with Crippen LogP contribution in [-0.2, 0) is 0 Å². The van der Waals surface area contributed by atoms with Crippen LogP contribution in [0, 0.1) is 32.1 Å². The summed E-state index contributed by atoms with van der Waals surface area (Å²) in [5.74, 6) is 0.553. The minimum Gasteiger partial charge on any atom is -0.438 e. The van der Waals surface area contributed by atoms with Gasteiger partial charge in [-0.25, -0.2) is 4.98 Å². The Kier molecular flexibility index (Phi) is 5.18. The van der Waals surface area contributed by atoms with Crippen LogP contribution in [0.2, 0.25) is 0 Å². The fourth-order valence-corrected chi connectivity index (χ4v) is 2.67. The Hall–Kier alpha value is -3.65. The van der Waals surface area contributed by atoms with Gasteiger partial charge in [0.05, 0.1) is 0 Å². The van der Waals surface area contributed by atoms with E-state index >= 15 is 0 Å². The molecule has 5 heteroatoms.